The second-order valence-electron chi connectivity index (χ2n) is 7.74. The number of aryl methyl sites for hydroxylation is 2. The molecule has 1 atom stereocenters. The van der Waals surface area contributed by atoms with Gasteiger partial charge < -0.3 is 20.3 Å². The van der Waals surface area contributed by atoms with Crippen LogP contribution in [0.5, 0.6) is 0 Å². The van der Waals surface area contributed by atoms with Crippen molar-refractivity contribution in [1.29, 1.82) is 0 Å². The summed E-state index contributed by atoms with van der Waals surface area (Å²) in [6.07, 6.45) is 4.07. The van der Waals surface area contributed by atoms with Gasteiger partial charge in [-0.1, -0.05) is 0 Å². The molecule has 1 unspecified atom stereocenters. The van der Waals surface area contributed by atoms with Gasteiger partial charge in [0.05, 0.1) is 21.3 Å². The highest BCUT2D eigenvalue weighted by molar-refractivity contribution is 7.15. The van der Waals surface area contributed by atoms with Gasteiger partial charge in [-0.05, 0) is 52.3 Å². The number of hydrogen-bond donors (Lipinski definition) is 2. The molecule has 1 amide bonds. The van der Waals surface area contributed by atoms with Gasteiger partial charge in [-0.15, -0.1) is 11.3 Å². The first-order chi connectivity index (χ1) is 14.0. The molecule has 8 nitrogen and oxygen atoms in total. The maximum absolute atomic E-state index is 12.9. The molecule has 2 aromatic heterocycles. The van der Waals surface area contributed by atoms with E-state index in [1.165, 1.54) is 0 Å². The molecule has 0 radical (unpaired) electrons. The first-order valence-electron chi connectivity index (χ1n) is 10.1. The molecule has 29 heavy (non-hydrogen) atoms. The van der Waals surface area contributed by atoms with E-state index >= 15 is 0 Å². The van der Waals surface area contributed by atoms with Gasteiger partial charge in [-0.25, -0.2) is 15.0 Å². The summed E-state index contributed by atoms with van der Waals surface area (Å²) in [6.45, 7) is 7.13. The maximum Gasteiger partial charge on any atom is 0.252 e. The van der Waals surface area contributed by atoms with Crippen molar-refractivity contribution in [2.24, 2.45) is 0 Å². The number of hydrogen-bond acceptors (Lipinski definition) is 8. The second kappa shape index (κ2) is 8.33. The van der Waals surface area contributed by atoms with Crippen molar-refractivity contribution in [3.63, 3.8) is 0 Å². The molecule has 156 valence electrons. The summed E-state index contributed by atoms with van der Waals surface area (Å²) in [5.41, 5.74) is 1.19. The molecule has 2 saturated heterocycles. The Bertz CT molecular complexity index is 880. The fraction of sp³-hybridized carbons (Fsp3) is 0.600. The minimum Gasteiger partial charge on any atom is -0.368 e. The second-order valence-corrected chi connectivity index (χ2v) is 8.95. The summed E-state index contributed by atoms with van der Waals surface area (Å²) in [4.78, 5) is 29.9. The molecule has 9 heteroatoms. The molecule has 2 N–H and O–H groups in total. The highest BCUT2D eigenvalue weighted by atomic mass is 32.1. The van der Waals surface area contributed by atoms with Gasteiger partial charge in [0.25, 0.3) is 5.91 Å². The van der Waals surface area contributed by atoms with Crippen molar-refractivity contribution in [1.82, 2.24) is 25.6 Å². The topological polar surface area (TPSA) is 92.3 Å². The van der Waals surface area contributed by atoms with Gasteiger partial charge in [0.2, 0.25) is 5.95 Å². The Morgan fingerprint density at radius 3 is 2.83 bits per heavy atom. The summed E-state index contributed by atoms with van der Waals surface area (Å²) in [5, 5.41) is 7.52. The van der Waals surface area contributed by atoms with Crippen LogP contribution < -0.4 is 15.5 Å². The van der Waals surface area contributed by atoms with E-state index in [1.54, 1.807) is 24.6 Å². The molecule has 4 heterocycles. The van der Waals surface area contributed by atoms with Gasteiger partial charge in [-0.2, -0.15) is 0 Å². The molecule has 2 aliphatic rings. The van der Waals surface area contributed by atoms with Crippen LogP contribution in [0, 0.1) is 13.8 Å². The number of carbonyl (C=O) groups is 1. The summed E-state index contributed by atoms with van der Waals surface area (Å²) >= 11 is 1.65. The molecule has 0 aliphatic carbocycles. The van der Waals surface area contributed by atoms with Crippen molar-refractivity contribution in [2.45, 2.75) is 44.8 Å². The van der Waals surface area contributed by atoms with Gasteiger partial charge in [0.1, 0.15) is 5.60 Å². The van der Waals surface area contributed by atoms with E-state index in [4.69, 9.17) is 9.72 Å². The highest BCUT2D eigenvalue weighted by Crippen LogP contribution is 2.29. The van der Waals surface area contributed by atoms with E-state index in [-0.39, 0.29) is 11.9 Å². The fourth-order valence-electron chi connectivity index (χ4n) is 4.13. The summed E-state index contributed by atoms with van der Waals surface area (Å²) in [5.74, 6) is 0.701. The predicted octanol–water partition coefficient (Wildman–Crippen LogP) is 1.68. The van der Waals surface area contributed by atoms with Crippen LogP contribution in [0.15, 0.2) is 12.3 Å². The number of anilines is 1. The molecule has 2 aromatic rings. The molecule has 0 saturated carbocycles. The van der Waals surface area contributed by atoms with Gasteiger partial charge >= 0.3 is 0 Å². The lowest BCUT2D eigenvalue weighted by Gasteiger charge is -2.35. The Balaban J connectivity index is 1.43. The Labute approximate surface area is 175 Å². The molecule has 4 rings (SSSR count). The van der Waals surface area contributed by atoms with Crippen LogP contribution in [0.25, 0.3) is 10.6 Å². The fourth-order valence-corrected chi connectivity index (χ4v) is 5.02. The third kappa shape index (κ3) is 4.12. The smallest absolute Gasteiger partial charge is 0.252 e. The van der Waals surface area contributed by atoms with Crippen LogP contribution in [0.2, 0.25) is 0 Å². The zero-order valence-corrected chi connectivity index (χ0v) is 18.0. The first kappa shape index (κ1) is 20.2. The van der Waals surface area contributed by atoms with Crippen LogP contribution in [-0.4, -0.2) is 65.8 Å². The van der Waals surface area contributed by atoms with E-state index < -0.39 is 5.60 Å². The van der Waals surface area contributed by atoms with Gasteiger partial charge in [-0.3, -0.25) is 4.79 Å². The van der Waals surface area contributed by atoms with Crippen molar-refractivity contribution in [2.75, 3.05) is 38.2 Å². The van der Waals surface area contributed by atoms with E-state index in [9.17, 15) is 4.79 Å². The van der Waals surface area contributed by atoms with Gasteiger partial charge in [0.15, 0.2) is 0 Å². The molecule has 0 aromatic carbocycles. The number of rotatable bonds is 5. The molecule has 2 aliphatic heterocycles. The van der Waals surface area contributed by atoms with E-state index in [2.05, 4.69) is 25.5 Å². The summed E-state index contributed by atoms with van der Waals surface area (Å²) in [7, 11) is 1.63. The first-order valence-corrected chi connectivity index (χ1v) is 10.9. The monoisotopic (exact) mass is 416 g/mol. The standard InChI is InChI=1S/C20H28N6O2S/c1-13-17(29-14(2)23-13)16-4-8-22-19(25-16)26-11-5-15(12-26)24-18(27)20(28-3)6-9-21-10-7-20/h4,8,15,21H,5-7,9-12H2,1-3H3,(H,24,27). The van der Waals surface area contributed by atoms with Crippen LogP contribution in [0.4, 0.5) is 5.95 Å². The molecular formula is C20H28N6O2S. The maximum atomic E-state index is 12.9. The quantitative estimate of drug-likeness (QED) is 0.766. The number of aromatic nitrogens is 3. The summed E-state index contributed by atoms with van der Waals surface area (Å²) < 4.78 is 5.65. The van der Waals surface area contributed by atoms with E-state index in [0.717, 1.165) is 47.3 Å². The van der Waals surface area contributed by atoms with Crippen molar-refractivity contribution in [3.8, 4) is 10.6 Å². The minimum atomic E-state index is -0.712. The summed E-state index contributed by atoms with van der Waals surface area (Å²) in [6, 6.07) is 2.00. The van der Waals surface area contributed by atoms with E-state index in [0.29, 0.717) is 25.3 Å². The number of piperidine rings is 1. The van der Waals surface area contributed by atoms with Gasteiger partial charge in [0, 0.05) is 32.4 Å². The van der Waals surface area contributed by atoms with Crippen LogP contribution in [0.1, 0.15) is 30.0 Å². The number of ether oxygens (including phenoxy) is 1. The Kier molecular flexibility index (Phi) is 5.80. The SMILES string of the molecule is COC1(C(=O)NC2CCN(c3nccc(-c4sc(C)nc4C)n3)C2)CCNCC1. The van der Waals surface area contributed by atoms with E-state index in [1.807, 2.05) is 19.9 Å². The number of nitrogens with one attached hydrogen (secondary N) is 2. The number of thiazole rings is 1. The highest BCUT2D eigenvalue weighted by Gasteiger charge is 2.41. The number of amides is 1. The lowest BCUT2D eigenvalue weighted by Crippen LogP contribution is -2.56. The minimum absolute atomic E-state index is 0.00113. The normalized spacial score (nSPS) is 21.3. The van der Waals surface area contributed by atoms with Crippen LogP contribution in [0.3, 0.4) is 0 Å². The van der Waals surface area contributed by atoms with Crippen molar-refractivity contribution < 1.29 is 9.53 Å². The number of methoxy groups -OCH3 is 1. The number of carbonyl (C=O) groups excluding carboxylic acids is 1. The average molecular weight is 417 g/mol. The van der Waals surface area contributed by atoms with Crippen molar-refractivity contribution in [3.05, 3.63) is 23.0 Å². The van der Waals surface area contributed by atoms with Crippen LogP contribution >= 0.6 is 11.3 Å². The Hall–Kier alpha value is -2.10. The lowest BCUT2D eigenvalue weighted by molar-refractivity contribution is -0.147. The number of nitrogens with zero attached hydrogens (tertiary/aromatic N) is 4. The predicted molar refractivity (Wildman–Crippen MR) is 113 cm³/mol. The zero-order chi connectivity index (χ0) is 20.4. The Morgan fingerprint density at radius 2 is 2.14 bits per heavy atom. The molecular weight excluding hydrogens is 388 g/mol. The molecule has 0 bridgehead atoms. The average Bonchev–Trinajstić information content (AvgIpc) is 3.34. The third-order valence-electron chi connectivity index (χ3n) is 5.80. The van der Waals surface area contributed by atoms with Crippen molar-refractivity contribution >= 4 is 23.2 Å². The Morgan fingerprint density at radius 1 is 1.34 bits per heavy atom. The largest absolute Gasteiger partial charge is 0.368 e. The van der Waals surface area contributed by atoms with Crippen LogP contribution in [-0.2, 0) is 9.53 Å². The molecule has 2 fully saturated rings. The molecule has 0 spiro atoms. The lowest BCUT2D eigenvalue weighted by atomic mass is 9.90. The third-order valence-corrected chi connectivity index (χ3v) is 6.90. The zero-order valence-electron chi connectivity index (χ0n) is 17.2.